The van der Waals surface area contributed by atoms with E-state index in [0.29, 0.717) is 22.5 Å². The molecule has 0 aliphatic rings. The second-order valence-corrected chi connectivity index (χ2v) is 4.17. The van der Waals surface area contributed by atoms with Gasteiger partial charge in [0.05, 0.1) is 23.3 Å². The van der Waals surface area contributed by atoms with Gasteiger partial charge in [-0.1, -0.05) is 12.1 Å². The molecule has 3 heteroatoms. The predicted octanol–water partition coefficient (Wildman–Crippen LogP) is 3.84. The van der Waals surface area contributed by atoms with Gasteiger partial charge in [0.1, 0.15) is 11.3 Å². The van der Waals surface area contributed by atoms with Gasteiger partial charge in [0.15, 0.2) is 0 Å². The molecule has 3 aromatic rings. The van der Waals surface area contributed by atoms with E-state index in [1.807, 2.05) is 24.3 Å². The summed E-state index contributed by atoms with van der Waals surface area (Å²) in [6, 6.07) is 18.7. The highest BCUT2D eigenvalue weighted by molar-refractivity contribution is 5.84. The number of hydrogen-bond donors (Lipinski definition) is 0. The predicted molar refractivity (Wildman–Crippen MR) is 71.1 cm³/mol. The second kappa shape index (κ2) is 4.33. The summed E-state index contributed by atoms with van der Waals surface area (Å²) in [5, 5.41) is 18.7. The largest absolute Gasteiger partial charge is 0.456 e. The highest BCUT2D eigenvalue weighted by atomic mass is 16.3. The molecule has 88 valence electrons. The smallest absolute Gasteiger partial charge is 0.136 e. The van der Waals surface area contributed by atoms with Crippen molar-refractivity contribution < 1.29 is 4.42 Å². The number of benzene rings is 2. The van der Waals surface area contributed by atoms with E-state index >= 15 is 0 Å². The standard InChI is InChI=1S/C16H8N2O/c17-9-11-2-1-3-13(6-11)16-8-14-5-4-12(10-18)7-15(14)19-16/h1-8H. The molecule has 0 aliphatic carbocycles. The molecule has 0 amide bonds. The van der Waals surface area contributed by atoms with Crippen molar-refractivity contribution in [2.45, 2.75) is 0 Å². The van der Waals surface area contributed by atoms with Gasteiger partial charge >= 0.3 is 0 Å². The van der Waals surface area contributed by atoms with Crippen LogP contribution in [0.25, 0.3) is 22.3 Å². The van der Waals surface area contributed by atoms with Crippen LogP contribution in [0.15, 0.2) is 52.9 Å². The molecule has 3 rings (SSSR count). The van der Waals surface area contributed by atoms with Gasteiger partial charge in [-0.3, -0.25) is 0 Å². The summed E-state index contributed by atoms with van der Waals surface area (Å²) in [6.07, 6.45) is 0. The first kappa shape index (κ1) is 11.1. The molecule has 0 atom stereocenters. The highest BCUT2D eigenvalue weighted by Gasteiger charge is 2.07. The first-order valence-electron chi connectivity index (χ1n) is 5.74. The Morgan fingerprint density at radius 2 is 1.63 bits per heavy atom. The molecular formula is C16H8N2O. The molecule has 0 saturated carbocycles. The van der Waals surface area contributed by atoms with Crippen molar-refractivity contribution in [2.75, 3.05) is 0 Å². The van der Waals surface area contributed by atoms with Crippen LogP contribution in [0, 0.1) is 22.7 Å². The maximum absolute atomic E-state index is 8.90. The fraction of sp³-hybridized carbons (Fsp3) is 0. The zero-order chi connectivity index (χ0) is 13.2. The molecule has 0 bridgehead atoms. The van der Waals surface area contributed by atoms with Crippen LogP contribution in [-0.2, 0) is 0 Å². The quantitative estimate of drug-likeness (QED) is 0.653. The lowest BCUT2D eigenvalue weighted by atomic mass is 10.1. The molecular weight excluding hydrogens is 236 g/mol. The van der Waals surface area contributed by atoms with Crippen molar-refractivity contribution >= 4 is 11.0 Å². The fourth-order valence-electron chi connectivity index (χ4n) is 1.98. The molecule has 1 aromatic heterocycles. The Hall–Kier alpha value is -3.04. The average Bonchev–Trinajstić information content (AvgIpc) is 2.90. The summed E-state index contributed by atoms with van der Waals surface area (Å²) in [6.45, 7) is 0. The summed E-state index contributed by atoms with van der Waals surface area (Å²) in [5.41, 5.74) is 2.69. The van der Waals surface area contributed by atoms with Crippen LogP contribution in [0.4, 0.5) is 0 Å². The zero-order valence-electron chi connectivity index (χ0n) is 9.92. The lowest BCUT2D eigenvalue weighted by molar-refractivity contribution is 0.631. The topological polar surface area (TPSA) is 60.7 Å². The summed E-state index contributed by atoms with van der Waals surface area (Å²) in [7, 11) is 0. The normalized spacial score (nSPS) is 10.0. The van der Waals surface area contributed by atoms with Gasteiger partial charge in [-0.15, -0.1) is 0 Å². The lowest BCUT2D eigenvalue weighted by Gasteiger charge is -1.96. The van der Waals surface area contributed by atoms with Crippen molar-refractivity contribution in [2.24, 2.45) is 0 Å². The summed E-state index contributed by atoms with van der Waals surface area (Å²) < 4.78 is 5.74. The Morgan fingerprint density at radius 3 is 2.42 bits per heavy atom. The fourth-order valence-corrected chi connectivity index (χ4v) is 1.98. The van der Waals surface area contributed by atoms with E-state index in [9.17, 15) is 0 Å². The van der Waals surface area contributed by atoms with E-state index in [4.69, 9.17) is 14.9 Å². The average molecular weight is 244 g/mol. The number of fused-ring (bicyclic) bond motifs is 1. The zero-order valence-corrected chi connectivity index (χ0v) is 9.92. The Labute approximate surface area is 109 Å². The van der Waals surface area contributed by atoms with E-state index in [1.54, 1.807) is 24.3 Å². The molecule has 0 radical (unpaired) electrons. The number of rotatable bonds is 1. The van der Waals surface area contributed by atoms with Gasteiger partial charge < -0.3 is 4.42 Å². The summed E-state index contributed by atoms with van der Waals surface area (Å²) in [5.74, 6) is 0.696. The summed E-state index contributed by atoms with van der Waals surface area (Å²) in [4.78, 5) is 0. The first-order valence-corrected chi connectivity index (χ1v) is 5.74. The van der Waals surface area contributed by atoms with Gasteiger partial charge in [0.25, 0.3) is 0 Å². The number of nitriles is 2. The highest BCUT2D eigenvalue weighted by Crippen LogP contribution is 2.28. The minimum Gasteiger partial charge on any atom is -0.456 e. The molecule has 2 aromatic carbocycles. The van der Waals surface area contributed by atoms with Gasteiger partial charge in [-0.25, -0.2) is 0 Å². The number of nitrogens with zero attached hydrogens (tertiary/aromatic N) is 2. The molecule has 0 spiro atoms. The van der Waals surface area contributed by atoms with Crippen LogP contribution in [0.5, 0.6) is 0 Å². The maximum Gasteiger partial charge on any atom is 0.136 e. The lowest BCUT2D eigenvalue weighted by Crippen LogP contribution is -1.76. The van der Waals surface area contributed by atoms with E-state index in [2.05, 4.69) is 12.1 Å². The van der Waals surface area contributed by atoms with Crippen LogP contribution in [0.1, 0.15) is 11.1 Å². The summed E-state index contributed by atoms with van der Waals surface area (Å²) >= 11 is 0. The molecule has 3 nitrogen and oxygen atoms in total. The van der Waals surface area contributed by atoms with Crippen LogP contribution >= 0.6 is 0 Å². The Kier molecular flexibility index (Phi) is 2.52. The van der Waals surface area contributed by atoms with Crippen molar-refractivity contribution in [1.82, 2.24) is 0 Å². The van der Waals surface area contributed by atoms with E-state index in [1.165, 1.54) is 0 Å². The molecule has 0 unspecified atom stereocenters. The van der Waals surface area contributed by atoms with Crippen LogP contribution in [-0.4, -0.2) is 0 Å². The van der Waals surface area contributed by atoms with Crippen molar-refractivity contribution in [3.63, 3.8) is 0 Å². The number of hydrogen-bond acceptors (Lipinski definition) is 3. The van der Waals surface area contributed by atoms with Gasteiger partial charge in [0, 0.05) is 10.9 Å². The third-order valence-electron chi connectivity index (χ3n) is 2.93. The molecule has 19 heavy (non-hydrogen) atoms. The van der Waals surface area contributed by atoms with Crippen molar-refractivity contribution in [3.05, 3.63) is 59.7 Å². The SMILES string of the molecule is N#Cc1cccc(-c2cc3ccc(C#N)cc3o2)c1. The van der Waals surface area contributed by atoms with E-state index in [0.717, 1.165) is 10.9 Å². The maximum atomic E-state index is 8.90. The third kappa shape index (κ3) is 1.94. The molecule has 1 heterocycles. The Morgan fingerprint density at radius 1 is 0.842 bits per heavy atom. The molecule has 0 fully saturated rings. The second-order valence-electron chi connectivity index (χ2n) is 4.17. The Bertz CT molecular complexity index is 847. The van der Waals surface area contributed by atoms with E-state index in [-0.39, 0.29) is 0 Å². The van der Waals surface area contributed by atoms with Gasteiger partial charge in [-0.05, 0) is 36.4 Å². The van der Waals surface area contributed by atoms with Crippen LogP contribution < -0.4 is 0 Å². The monoisotopic (exact) mass is 244 g/mol. The third-order valence-corrected chi connectivity index (χ3v) is 2.93. The van der Waals surface area contributed by atoms with Gasteiger partial charge in [-0.2, -0.15) is 10.5 Å². The first-order chi connectivity index (χ1) is 9.30. The van der Waals surface area contributed by atoms with Gasteiger partial charge in [0.2, 0.25) is 0 Å². The minimum atomic E-state index is 0.569. The Balaban J connectivity index is 2.15. The molecule has 0 N–H and O–H groups in total. The minimum absolute atomic E-state index is 0.569. The van der Waals surface area contributed by atoms with Crippen LogP contribution in [0.2, 0.25) is 0 Å². The molecule has 0 aliphatic heterocycles. The number of furan rings is 1. The molecule has 0 saturated heterocycles. The van der Waals surface area contributed by atoms with Crippen molar-refractivity contribution in [3.8, 4) is 23.5 Å². The van der Waals surface area contributed by atoms with E-state index < -0.39 is 0 Å². The van der Waals surface area contributed by atoms with Crippen molar-refractivity contribution in [1.29, 1.82) is 10.5 Å². The van der Waals surface area contributed by atoms with Crippen LogP contribution in [0.3, 0.4) is 0 Å².